The van der Waals surface area contributed by atoms with Crippen molar-refractivity contribution in [3.63, 3.8) is 0 Å². The standard InChI is InChI=1S/C29H32O2.C2H6/c1-20(2)29(30)31-16-15-24-10-6-7-11-26(24)18-23(5)28-19-27(14-13-22(28)4)25-12-8-9-21(3)17-25;1-2/h6-14,17,19-20H,5,15-16,18H2,1-4H3;1-2H3. The highest BCUT2D eigenvalue weighted by Crippen LogP contribution is 2.29. The SMILES string of the molecule is C=C(Cc1ccccc1CCOC(=O)C(C)C)c1cc(-c2cccc(C)c2)ccc1C.CC. The molecule has 0 aromatic heterocycles. The zero-order valence-corrected chi connectivity index (χ0v) is 21.1. The maximum atomic E-state index is 11.8. The van der Waals surface area contributed by atoms with E-state index in [2.05, 4.69) is 81.1 Å². The molecule has 0 saturated heterocycles. The van der Waals surface area contributed by atoms with Gasteiger partial charge in [0.1, 0.15) is 0 Å². The van der Waals surface area contributed by atoms with Crippen LogP contribution in [-0.2, 0) is 22.4 Å². The summed E-state index contributed by atoms with van der Waals surface area (Å²) < 4.78 is 5.38. The molecule has 0 saturated carbocycles. The van der Waals surface area contributed by atoms with E-state index in [-0.39, 0.29) is 11.9 Å². The van der Waals surface area contributed by atoms with Crippen molar-refractivity contribution in [1.29, 1.82) is 0 Å². The van der Waals surface area contributed by atoms with E-state index in [1.165, 1.54) is 38.9 Å². The van der Waals surface area contributed by atoms with Crippen LogP contribution < -0.4 is 0 Å². The van der Waals surface area contributed by atoms with Crippen LogP contribution >= 0.6 is 0 Å². The molecular weight excluding hydrogens is 404 g/mol. The number of carbonyl (C=O) groups is 1. The van der Waals surface area contributed by atoms with Crippen molar-refractivity contribution in [3.8, 4) is 11.1 Å². The number of esters is 1. The van der Waals surface area contributed by atoms with Crippen LogP contribution in [0.3, 0.4) is 0 Å². The maximum Gasteiger partial charge on any atom is 0.308 e. The fraction of sp³-hybridized carbons (Fsp3) is 0.323. The van der Waals surface area contributed by atoms with Crippen LogP contribution in [0.25, 0.3) is 16.7 Å². The van der Waals surface area contributed by atoms with E-state index in [4.69, 9.17) is 4.74 Å². The normalized spacial score (nSPS) is 10.4. The van der Waals surface area contributed by atoms with E-state index < -0.39 is 0 Å². The second-order valence-electron chi connectivity index (χ2n) is 8.52. The van der Waals surface area contributed by atoms with Crippen molar-refractivity contribution in [3.05, 3.63) is 101 Å². The highest BCUT2D eigenvalue weighted by Gasteiger charge is 2.11. The molecule has 0 N–H and O–H groups in total. The lowest BCUT2D eigenvalue weighted by atomic mass is 9.90. The molecule has 0 radical (unpaired) electrons. The maximum absolute atomic E-state index is 11.8. The number of hydrogen-bond donors (Lipinski definition) is 0. The average molecular weight is 443 g/mol. The Balaban J connectivity index is 0.00000187. The number of carbonyl (C=O) groups excluding carboxylic acids is 1. The third-order valence-corrected chi connectivity index (χ3v) is 5.58. The van der Waals surface area contributed by atoms with Crippen LogP contribution in [0.5, 0.6) is 0 Å². The van der Waals surface area contributed by atoms with Crippen molar-refractivity contribution in [2.24, 2.45) is 5.92 Å². The topological polar surface area (TPSA) is 26.3 Å². The molecule has 0 aliphatic carbocycles. The van der Waals surface area contributed by atoms with Crippen LogP contribution in [0.4, 0.5) is 0 Å². The van der Waals surface area contributed by atoms with Gasteiger partial charge in [0.25, 0.3) is 0 Å². The van der Waals surface area contributed by atoms with Crippen LogP contribution in [0.15, 0.2) is 73.3 Å². The fourth-order valence-corrected chi connectivity index (χ4v) is 3.73. The van der Waals surface area contributed by atoms with Crippen molar-refractivity contribution >= 4 is 11.5 Å². The summed E-state index contributed by atoms with van der Waals surface area (Å²) in [7, 11) is 0. The van der Waals surface area contributed by atoms with E-state index in [0.29, 0.717) is 13.0 Å². The predicted octanol–water partition coefficient (Wildman–Crippen LogP) is 7.99. The Hall–Kier alpha value is -3.13. The molecule has 0 aliphatic rings. The molecule has 0 spiro atoms. The van der Waals surface area contributed by atoms with Gasteiger partial charge in [-0.05, 0) is 65.3 Å². The van der Waals surface area contributed by atoms with Crippen LogP contribution in [0.2, 0.25) is 0 Å². The third kappa shape index (κ3) is 7.46. The fourth-order valence-electron chi connectivity index (χ4n) is 3.73. The van der Waals surface area contributed by atoms with Crippen molar-refractivity contribution in [1.82, 2.24) is 0 Å². The number of ether oxygens (including phenoxy) is 1. The minimum atomic E-state index is -0.148. The highest BCUT2D eigenvalue weighted by molar-refractivity contribution is 5.75. The molecule has 2 heteroatoms. The molecule has 0 amide bonds. The van der Waals surface area contributed by atoms with Crippen molar-refractivity contribution in [2.45, 2.75) is 54.4 Å². The molecule has 0 heterocycles. The lowest BCUT2D eigenvalue weighted by Crippen LogP contribution is -2.14. The Kier molecular flexibility index (Phi) is 10.1. The van der Waals surface area contributed by atoms with Crippen LogP contribution in [0.1, 0.15) is 55.5 Å². The number of rotatable bonds is 8. The molecule has 2 nitrogen and oxygen atoms in total. The van der Waals surface area contributed by atoms with E-state index >= 15 is 0 Å². The van der Waals surface area contributed by atoms with Gasteiger partial charge >= 0.3 is 5.97 Å². The van der Waals surface area contributed by atoms with Crippen molar-refractivity contribution < 1.29 is 9.53 Å². The van der Waals surface area contributed by atoms with Gasteiger partial charge in [-0.25, -0.2) is 0 Å². The van der Waals surface area contributed by atoms with E-state index in [9.17, 15) is 4.79 Å². The molecular formula is C31H38O2. The molecule has 3 aromatic carbocycles. The predicted molar refractivity (Wildman–Crippen MR) is 141 cm³/mol. The van der Waals surface area contributed by atoms with Gasteiger partial charge in [-0.1, -0.05) is 101 Å². The summed E-state index contributed by atoms with van der Waals surface area (Å²) in [6.07, 6.45) is 1.48. The minimum absolute atomic E-state index is 0.0984. The largest absolute Gasteiger partial charge is 0.465 e. The molecule has 3 rings (SSSR count). The lowest BCUT2D eigenvalue weighted by Gasteiger charge is -2.15. The summed E-state index contributed by atoms with van der Waals surface area (Å²) in [6.45, 7) is 16.8. The van der Waals surface area contributed by atoms with E-state index in [1.807, 2.05) is 33.8 Å². The molecule has 0 aliphatic heterocycles. The summed E-state index contributed by atoms with van der Waals surface area (Å²) in [4.78, 5) is 11.8. The first-order valence-corrected chi connectivity index (χ1v) is 11.9. The smallest absolute Gasteiger partial charge is 0.308 e. The monoisotopic (exact) mass is 442 g/mol. The van der Waals surface area contributed by atoms with Crippen molar-refractivity contribution in [2.75, 3.05) is 6.61 Å². The van der Waals surface area contributed by atoms with Crippen LogP contribution in [0, 0.1) is 19.8 Å². The Morgan fingerprint density at radius 2 is 1.55 bits per heavy atom. The summed E-state index contributed by atoms with van der Waals surface area (Å²) in [5.74, 6) is -0.246. The number of allylic oxidation sites excluding steroid dienone is 1. The first-order chi connectivity index (χ1) is 15.8. The highest BCUT2D eigenvalue weighted by atomic mass is 16.5. The minimum Gasteiger partial charge on any atom is -0.465 e. The number of aryl methyl sites for hydroxylation is 2. The molecule has 0 bridgehead atoms. The zero-order chi connectivity index (χ0) is 24.4. The second kappa shape index (κ2) is 12.8. The van der Waals surface area contributed by atoms with Gasteiger partial charge in [0.2, 0.25) is 0 Å². The summed E-state index contributed by atoms with van der Waals surface area (Å²) in [6, 6.07) is 23.5. The Morgan fingerprint density at radius 1 is 0.879 bits per heavy atom. The van der Waals surface area contributed by atoms with Gasteiger partial charge in [0.05, 0.1) is 12.5 Å². The van der Waals surface area contributed by atoms with Gasteiger partial charge in [-0.3, -0.25) is 4.79 Å². The van der Waals surface area contributed by atoms with Gasteiger partial charge < -0.3 is 4.74 Å². The average Bonchev–Trinajstić information content (AvgIpc) is 2.81. The molecule has 0 unspecified atom stereocenters. The Labute approximate surface area is 200 Å². The third-order valence-electron chi connectivity index (χ3n) is 5.58. The Bertz CT molecular complexity index is 1080. The quantitative estimate of drug-likeness (QED) is 0.330. The summed E-state index contributed by atoms with van der Waals surface area (Å²) >= 11 is 0. The second-order valence-corrected chi connectivity index (χ2v) is 8.52. The van der Waals surface area contributed by atoms with E-state index in [1.54, 1.807) is 0 Å². The van der Waals surface area contributed by atoms with Gasteiger partial charge in [0.15, 0.2) is 0 Å². The molecule has 174 valence electrons. The summed E-state index contributed by atoms with van der Waals surface area (Å²) in [5, 5.41) is 0. The zero-order valence-electron chi connectivity index (χ0n) is 21.1. The molecule has 0 fully saturated rings. The van der Waals surface area contributed by atoms with Gasteiger partial charge in [-0.2, -0.15) is 0 Å². The van der Waals surface area contributed by atoms with Gasteiger partial charge in [-0.15, -0.1) is 0 Å². The Morgan fingerprint density at radius 3 is 2.21 bits per heavy atom. The number of hydrogen-bond acceptors (Lipinski definition) is 2. The van der Waals surface area contributed by atoms with Gasteiger partial charge in [0, 0.05) is 6.42 Å². The molecule has 33 heavy (non-hydrogen) atoms. The molecule has 3 aromatic rings. The summed E-state index contributed by atoms with van der Waals surface area (Å²) in [5.41, 5.74) is 9.64. The number of benzene rings is 3. The van der Waals surface area contributed by atoms with E-state index in [0.717, 1.165) is 12.0 Å². The first-order valence-electron chi connectivity index (χ1n) is 11.9. The molecule has 0 atom stereocenters. The van der Waals surface area contributed by atoms with Crippen LogP contribution in [-0.4, -0.2) is 12.6 Å². The first kappa shape index (κ1) is 26.1. The lowest BCUT2D eigenvalue weighted by molar-refractivity contribution is -0.147.